The molecule has 0 aliphatic rings. The summed E-state index contributed by atoms with van der Waals surface area (Å²) in [4.78, 5) is 12.7. The Kier molecular flexibility index (Phi) is 4.56. The maximum absolute atomic E-state index is 12.8. The van der Waals surface area contributed by atoms with Crippen molar-refractivity contribution in [1.82, 2.24) is 9.19 Å². The van der Waals surface area contributed by atoms with Crippen LogP contribution in [0.2, 0.25) is 0 Å². The van der Waals surface area contributed by atoms with Crippen molar-refractivity contribution in [2.45, 2.75) is 11.8 Å². The second kappa shape index (κ2) is 7.06. The van der Waals surface area contributed by atoms with Crippen molar-refractivity contribution >= 4 is 32.6 Å². The fraction of sp³-hybridized carbons (Fsp3) is 0.0476. The smallest absolute Gasteiger partial charge is 0.345 e. The molecule has 0 spiro atoms. The molecule has 4 rings (SSSR count). The van der Waals surface area contributed by atoms with Crippen LogP contribution in [0.15, 0.2) is 77.7 Å². The summed E-state index contributed by atoms with van der Waals surface area (Å²) in [5.41, 5.74) is 7.09. The summed E-state index contributed by atoms with van der Waals surface area (Å²) in [6, 6.07) is 20.1. The van der Waals surface area contributed by atoms with Crippen LogP contribution in [0.1, 0.15) is 15.9 Å². The minimum absolute atomic E-state index is 0.0322. The molecule has 29 heavy (non-hydrogen) atoms. The summed E-state index contributed by atoms with van der Waals surface area (Å²) in [5, 5.41) is 5.49. The number of rotatable bonds is 4. The lowest BCUT2D eigenvalue weighted by Gasteiger charge is -2.06. The highest BCUT2D eigenvalue weighted by molar-refractivity contribution is 7.90. The number of nitrogens with zero attached hydrogens (tertiary/aromatic N) is 2. The van der Waals surface area contributed by atoms with E-state index in [9.17, 15) is 13.2 Å². The predicted octanol–water partition coefficient (Wildman–Crippen LogP) is 3.38. The van der Waals surface area contributed by atoms with Gasteiger partial charge in [0.05, 0.1) is 10.5 Å². The maximum atomic E-state index is 12.8. The Bertz CT molecular complexity index is 1320. The standard InChI is InChI=1S/C21H17N3O4S/c1-14-9-11-16(12-10-14)29(26,27)24-19(22)13-20(23-24)28-21(25)18-8-4-6-15-5-2-3-7-17(15)18/h2-13H,22H2,1H3. The van der Waals surface area contributed by atoms with E-state index in [2.05, 4.69) is 5.10 Å². The average Bonchev–Trinajstić information content (AvgIpc) is 3.08. The van der Waals surface area contributed by atoms with Gasteiger partial charge in [0, 0.05) is 6.07 Å². The van der Waals surface area contributed by atoms with E-state index in [-0.39, 0.29) is 16.6 Å². The SMILES string of the molecule is Cc1ccc(S(=O)(=O)n2nc(OC(=O)c3cccc4ccccc34)cc2N)cc1. The molecule has 146 valence electrons. The molecule has 7 nitrogen and oxygen atoms in total. The Morgan fingerprint density at radius 3 is 2.45 bits per heavy atom. The molecule has 0 amide bonds. The van der Waals surface area contributed by atoms with Crippen molar-refractivity contribution in [2.24, 2.45) is 0 Å². The fourth-order valence-corrected chi connectivity index (χ4v) is 4.16. The van der Waals surface area contributed by atoms with Gasteiger partial charge in [-0.3, -0.25) is 0 Å². The molecule has 0 fully saturated rings. The molecule has 0 saturated heterocycles. The fourth-order valence-electron chi connectivity index (χ4n) is 2.96. The number of esters is 1. The van der Waals surface area contributed by atoms with Gasteiger partial charge in [-0.05, 0) is 35.9 Å². The molecular formula is C21H17N3O4S. The van der Waals surface area contributed by atoms with Gasteiger partial charge in [-0.1, -0.05) is 54.1 Å². The highest BCUT2D eigenvalue weighted by Crippen LogP contribution is 2.24. The van der Waals surface area contributed by atoms with E-state index in [0.717, 1.165) is 16.3 Å². The van der Waals surface area contributed by atoms with E-state index >= 15 is 0 Å². The number of benzene rings is 3. The Morgan fingerprint density at radius 1 is 1.00 bits per heavy atom. The molecule has 4 aromatic rings. The zero-order valence-corrected chi connectivity index (χ0v) is 16.3. The molecule has 1 aromatic heterocycles. The van der Waals surface area contributed by atoms with Crippen molar-refractivity contribution < 1.29 is 17.9 Å². The van der Waals surface area contributed by atoms with Crippen LogP contribution in [0, 0.1) is 6.92 Å². The topological polar surface area (TPSA) is 104 Å². The molecule has 1 heterocycles. The van der Waals surface area contributed by atoms with E-state index in [1.807, 2.05) is 31.2 Å². The maximum Gasteiger partial charge on any atom is 0.345 e. The Labute approximate surface area is 167 Å². The lowest BCUT2D eigenvalue weighted by molar-refractivity contribution is 0.0729. The molecule has 0 saturated carbocycles. The average molecular weight is 407 g/mol. The normalized spacial score (nSPS) is 11.5. The first-order valence-electron chi connectivity index (χ1n) is 8.74. The monoisotopic (exact) mass is 407 g/mol. The Hall–Kier alpha value is -3.65. The lowest BCUT2D eigenvalue weighted by Crippen LogP contribution is -2.17. The van der Waals surface area contributed by atoms with Crippen LogP contribution in [-0.4, -0.2) is 23.6 Å². The van der Waals surface area contributed by atoms with E-state index in [1.165, 1.54) is 18.2 Å². The van der Waals surface area contributed by atoms with Gasteiger partial charge >= 0.3 is 5.97 Å². The number of nitrogens with two attached hydrogens (primary N) is 1. The van der Waals surface area contributed by atoms with Crippen molar-refractivity contribution in [3.63, 3.8) is 0 Å². The predicted molar refractivity (Wildman–Crippen MR) is 109 cm³/mol. The molecule has 2 N–H and O–H groups in total. The summed E-state index contributed by atoms with van der Waals surface area (Å²) in [5.74, 6) is -1.01. The van der Waals surface area contributed by atoms with Gasteiger partial charge in [0.15, 0.2) is 0 Å². The number of aryl methyl sites for hydroxylation is 1. The lowest BCUT2D eigenvalue weighted by atomic mass is 10.1. The van der Waals surface area contributed by atoms with Gasteiger partial charge in [-0.2, -0.15) is 8.42 Å². The van der Waals surface area contributed by atoms with Gasteiger partial charge in [-0.15, -0.1) is 9.19 Å². The third-order valence-corrected chi connectivity index (χ3v) is 6.05. The number of carbonyl (C=O) groups excluding carboxylic acids is 1. The quantitative estimate of drug-likeness (QED) is 0.520. The molecule has 0 atom stereocenters. The molecule has 0 unspecified atom stereocenters. The summed E-state index contributed by atoms with van der Waals surface area (Å²) >= 11 is 0. The molecule has 0 aliphatic heterocycles. The minimum atomic E-state index is -4.01. The molecule has 0 bridgehead atoms. The number of fused-ring (bicyclic) bond motifs is 1. The van der Waals surface area contributed by atoms with Crippen LogP contribution in [0.3, 0.4) is 0 Å². The van der Waals surface area contributed by atoms with Crippen LogP contribution >= 0.6 is 0 Å². The second-order valence-electron chi connectivity index (χ2n) is 6.48. The third kappa shape index (κ3) is 3.45. The van der Waals surface area contributed by atoms with Crippen molar-refractivity contribution in [3.05, 3.63) is 83.9 Å². The second-order valence-corrected chi connectivity index (χ2v) is 8.25. The van der Waals surface area contributed by atoms with Crippen molar-refractivity contribution in [2.75, 3.05) is 5.73 Å². The molecule has 0 aliphatic carbocycles. The number of hydrogen-bond donors (Lipinski definition) is 1. The highest BCUT2D eigenvalue weighted by Gasteiger charge is 2.23. The van der Waals surface area contributed by atoms with Crippen molar-refractivity contribution in [3.8, 4) is 5.88 Å². The van der Waals surface area contributed by atoms with Crippen LogP contribution < -0.4 is 10.5 Å². The van der Waals surface area contributed by atoms with Gasteiger partial charge in [-0.25, -0.2) is 4.79 Å². The number of ether oxygens (including phenoxy) is 1. The van der Waals surface area contributed by atoms with Gasteiger partial charge in [0.1, 0.15) is 5.82 Å². The molecule has 0 radical (unpaired) electrons. The third-order valence-electron chi connectivity index (χ3n) is 4.43. The number of aromatic nitrogens is 2. The minimum Gasteiger partial charge on any atom is -0.402 e. The first-order valence-corrected chi connectivity index (χ1v) is 10.2. The number of hydrogen-bond acceptors (Lipinski definition) is 6. The highest BCUT2D eigenvalue weighted by atomic mass is 32.2. The Balaban J connectivity index is 1.66. The van der Waals surface area contributed by atoms with Crippen LogP contribution in [0.5, 0.6) is 5.88 Å². The van der Waals surface area contributed by atoms with Gasteiger partial charge in [0.2, 0.25) is 5.88 Å². The van der Waals surface area contributed by atoms with Crippen LogP contribution in [0.4, 0.5) is 5.82 Å². The zero-order valence-electron chi connectivity index (χ0n) is 15.4. The van der Waals surface area contributed by atoms with Crippen LogP contribution in [0.25, 0.3) is 10.8 Å². The van der Waals surface area contributed by atoms with Crippen molar-refractivity contribution in [1.29, 1.82) is 0 Å². The van der Waals surface area contributed by atoms with Gasteiger partial charge in [0.25, 0.3) is 10.0 Å². The molecular weight excluding hydrogens is 390 g/mol. The summed E-state index contributed by atoms with van der Waals surface area (Å²) in [6.07, 6.45) is 0. The molecule has 3 aromatic carbocycles. The largest absolute Gasteiger partial charge is 0.402 e. The summed E-state index contributed by atoms with van der Waals surface area (Å²) in [7, 11) is -4.01. The first-order chi connectivity index (χ1) is 13.9. The summed E-state index contributed by atoms with van der Waals surface area (Å²) in [6.45, 7) is 1.85. The van der Waals surface area contributed by atoms with E-state index in [1.54, 1.807) is 30.3 Å². The van der Waals surface area contributed by atoms with Gasteiger partial charge < -0.3 is 10.5 Å². The first kappa shape index (κ1) is 18.7. The van der Waals surface area contributed by atoms with E-state index in [4.69, 9.17) is 10.5 Å². The van der Waals surface area contributed by atoms with Crippen LogP contribution in [-0.2, 0) is 10.0 Å². The number of anilines is 1. The van der Waals surface area contributed by atoms with E-state index in [0.29, 0.717) is 9.65 Å². The molecule has 8 heteroatoms. The summed E-state index contributed by atoms with van der Waals surface area (Å²) < 4.78 is 31.5. The number of carbonyl (C=O) groups is 1. The van der Waals surface area contributed by atoms with E-state index < -0.39 is 16.0 Å². The Morgan fingerprint density at radius 2 is 1.69 bits per heavy atom. The number of nitrogen functional groups attached to an aromatic ring is 1. The zero-order chi connectivity index (χ0) is 20.6.